The number of morpholine rings is 1. The molecule has 2 aromatic carbocycles. The third kappa shape index (κ3) is 7.37. The molecule has 7 nitrogen and oxygen atoms in total. The summed E-state index contributed by atoms with van der Waals surface area (Å²) >= 11 is 0. The Balaban J connectivity index is 1.13. The first-order valence-corrected chi connectivity index (χ1v) is 13.3. The number of benzene rings is 2. The Morgan fingerprint density at radius 1 is 0.921 bits per heavy atom. The molecular formula is C31H34N4O3. The lowest BCUT2D eigenvalue weighted by Crippen LogP contribution is -2.38. The van der Waals surface area contributed by atoms with Crippen molar-refractivity contribution in [2.24, 2.45) is 0 Å². The fourth-order valence-corrected chi connectivity index (χ4v) is 4.63. The predicted octanol–water partition coefficient (Wildman–Crippen LogP) is 4.60. The van der Waals surface area contributed by atoms with E-state index in [2.05, 4.69) is 33.3 Å². The second-order valence-electron chi connectivity index (χ2n) is 9.61. The molecule has 1 saturated heterocycles. The minimum Gasteiger partial charge on any atom is -0.489 e. The zero-order valence-electron chi connectivity index (χ0n) is 21.7. The van der Waals surface area contributed by atoms with Crippen LogP contribution in [0.25, 0.3) is 11.1 Å². The summed E-state index contributed by atoms with van der Waals surface area (Å²) in [4.78, 5) is 18.9. The van der Waals surface area contributed by atoms with Gasteiger partial charge in [-0.3, -0.25) is 19.4 Å². The standard InChI is InChI=1S/C31H34N4O3/c36-29(10-7-26-4-3-13-32-21-26)20-25-8-11-30(12-9-25)38-24-27-5-1-2-6-31(27)28-22-33-35(23-28)15-14-34-16-18-37-19-17-34/h1-6,8-9,11-13,21-23H,7,10,14-20,24H2. The minimum atomic E-state index is 0.224. The van der Waals surface area contributed by atoms with Gasteiger partial charge in [0.25, 0.3) is 0 Å². The van der Waals surface area contributed by atoms with Gasteiger partial charge in [0.2, 0.25) is 0 Å². The Hall–Kier alpha value is -3.81. The van der Waals surface area contributed by atoms with Gasteiger partial charge in [-0.1, -0.05) is 42.5 Å². The SMILES string of the molecule is O=C(CCc1cccnc1)Cc1ccc(OCc2ccccc2-c2cnn(CCN3CCOCC3)c2)cc1. The fraction of sp³-hybridized carbons (Fsp3) is 0.323. The lowest BCUT2D eigenvalue weighted by molar-refractivity contribution is -0.118. The highest BCUT2D eigenvalue weighted by Crippen LogP contribution is 2.25. The van der Waals surface area contributed by atoms with Gasteiger partial charge in [-0.25, -0.2) is 0 Å². The smallest absolute Gasteiger partial charge is 0.137 e. The number of aromatic nitrogens is 3. The van der Waals surface area contributed by atoms with E-state index in [1.807, 2.05) is 65.6 Å². The maximum absolute atomic E-state index is 12.4. The molecule has 2 aromatic heterocycles. The van der Waals surface area contributed by atoms with Gasteiger partial charge < -0.3 is 9.47 Å². The third-order valence-corrected chi connectivity index (χ3v) is 6.84. The van der Waals surface area contributed by atoms with Crippen LogP contribution in [0.1, 0.15) is 23.1 Å². The Bertz CT molecular complexity index is 1300. The number of ether oxygens (including phenoxy) is 2. The lowest BCUT2D eigenvalue weighted by atomic mass is 10.0. The van der Waals surface area contributed by atoms with E-state index >= 15 is 0 Å². The second-order valence-corrected chi connectivity index (χ2v) is 9.61. The molecule has 0 bridgehead atoms. The number of carbonyl (C=O) groups is 1. The van der Waals surface area contributed by atoms with Crippen molar-refractivity contribution in [1.82, 2.24) is 19.7 Å². The molecular weight excluding hydrogens is 476 g/mol. The molecule has 38 heavy (non-hydrogen) atoms. The zero-order valence-corrected chi connectivity index (χ0v) is 21.7. The molecule has 0 unspecified atom stereocenters. The highest BCUT2D eigenvalue weighted by molar-refractivity contribution is 5.81. The number of rotatable bonds is 12. The number of hydrogen-bond acceptors (Lipinski definition) is 6. The molecule has 1 aliphatic rings. The average Bonchev–Trinajstić information content (AvgIpc) is 3.45. The van der Waals surface area contributed by atoms with Crippen molar-refractivity contribution in [3.63, 3.8) is 0 Å². The zero-order chi connectivity index (χ0) is 26.0. The number of ketones is 1. The van der Waals surface area contributed by atoms with E-state index in [0.717, 1.165) is 79.4 Å². The van der Waals surface area contributed by atoms with E-state index in [0.29, 0.717) is 19.4 Å². The Labute approximate surface area is 224 Å². The summed E-state index contributed by atoms with van der Waals surface area (Å²) in [5, 5.41) is 4.59. The van der Waals surface area contributed by atoms with Crippen molar-refractivity contribution in [3.05, 3.63) is 102 Å². The largest absolute Gasteiger partial charge is 0.489 e. The summed E-state index contributed by atoms with van der Waals surface area (Å²) < 4.78 is 13.6. The maximum atomic E-state index is 12.4. The molecule has 1 fully saturated rings. The normalized spacial score (nSPS) is 13.9. The third-order valence-electron chi connectivity index (χ3n) is 6.84. The van der Waals surface area contributed by atoms with Crippen LogP contribution in [-0.4, -0.2) is 58.3 Å². The summed E-state index contributed by atoms with van der Waals surface area (Å²) in [7, 11) is 0. The molecule has 3 heterocycles. The van der Waals surface area contributed by atoms with E-state index in [-0.39, 0.29) is 5.78 Å². The van der Waals surface area contributed by atoms with Crippen LogP contribution in [0.4, 0.5) is 0 Å². The average molecular weight is 511 g/mol. The highest BCUT2D eigenvalue weighted by atomic mass is 16.5. The Kier molecular flexibility index (Phi) is 8.92. The molecule has 1 aliphatic heterocycles. The van der Waals surface area contributed by atoms with Gasteiger partial charge in [0.1, 0.15) is 18.1 Å². The van der Waals surface area contributed by atoms with Gasteiger partial charge in [-0.2, -0.15) is 5.10 Å². The van der Waals surface area contributed by atoms with Gasteiger partial charge >= 0.3 is 0 Å². The van der Waals surface area contributed by atoms with E-state index in [9.17, 15) is 4.79 Å². The van der Waals surface area contributed by atoms with Crippen molar-refractivity contribution < 1.29 is 14.3 Å². The van der Waals surface area contributed by atoms with E-state index in [1.165, 1.54) is 0 Å². The van der Waals surface area contributed by atoms with Crippen molar-refractivity contribution in [2.45, 2.75) is 32.4 Å². The summed E-state index contributed by atoms with van der Waals surface area (Å²) in [6.45, 7) is 5.88. The van der Waals surface area contributed by atoms with Crippen molar-refractivity contribution in [1.29, 1.82) is 0 Å². The van der Waals surface area contributed by atoms with E-state index in [4.69, 9.17) is 9.47 Å². The summed E-state index contributed by atoms with van der Waals surface area (Å²) in [6.07, 6.45) is 9.27. The van der Waals surface area contributed by atoms with Crippen LogP contribution in [0.3, 0.4) is 0 Å². The molecule has 0 amide bonds. The highest BCUT2D eigenvalue weighted by Gasteiger charge is 2.12. The Morgan fingerprint density at radius 3 is 2.58 bits per heavy atom. The quantitative estimate of drug-likeness (QED) is 0.277. The van der Waals surface area contributed by atoms with Crippen LogP contribution in [-0.2, 0) is 35.5 Å². The van der Waals surface area contributed by atoms with E-state index in [1.54, 1.807) is 6.20 Å². The van der Waals surface area contributed by atoms with Crippen LogP contribution in [0.2, 0.25) is 0 Å². The molecule has 0 aliphatic carbocycles. The molecule has 0 atom stereocenters. The van der Waals surface area contributed by atoms with Gasteiger partial charge in [0.15, 0.2) is 0 Å². The number of carbonyl (C=O) groups excluding carboxylic acids is 1. The summed E-state index contributed by atoms with van der Waals surface area (Å²) in [5.41, 5.74) is 5.41. The maximum Gasteiger partial charge on any atom is 0.137 e. The van der Waals surface area contributed by atoms with Crippen molar-refractivity contribution in [3.8, 4) is 16.9 Å². The molecule has 0 spiro atoms. The first-order chi connectivity index (χ1) is 18.7. The van der Waals surface area contributed by atoms with Crippen LogP contribution in [0.5, 0.6) is 5.75 Å². The number of aryl methyl sites for hydroxylation is 1. The Morgan fingerprint density at radius 2 is 1.76 bits per heavy atom. The van der Waals surface area contributed by atoms with Crippen molar-refractivity contribution in [2.75, 3.05) is 32.8 Å². The molecule has 0 saturated carbocycles. The molecule has 5 rings (SSSR count). The van der Waals surface area contributed by atoms with Crippen LogP contribution >= 0.6 is 0 Å². The van der Waals surface area contributed by atoms with Gasteiger partial charge in [-0.15, -0.1) is 0 Å². The monoisotopic (exact) mass is 510 g/mol. The lowest BCUT2D eigenvalue weighted by Gasteiger charge is -2.26. The fourth-order valence-electron chi connectivity index (χ4n) is 4.63. The van der Waals surface area contributed by atoms with Crippen molar-refractivity contribution >= 4 is 5.78 Å². The minimum absolute atomic E-state index is 0.224. The van der Waals surface area contributed by atoms with Gasteiger partial charge in [0, 0.05) is 56.6 Å². The van der Waals surface area contributed by atoms with Crippen LogP contribution < -0.4 is 4.74 Å². The van der Waals surface area contributed by atoms with Gasteiger partial charge in [-0.05, 0) is 46.9 Å². The predicted molar refractivity (Wildman–Crippen MR) is 147 cm³/mol. The number of hydrogen-bond donors (Lipinski definition) is 0. The summed E-state index contributed by atoms with van der Waals surface area (Å²) in [5.74, 6) is 1.01. The molecule has 4 aromatic rings. The molecule has 0 radical (unpaired) electrons. The second kappa shape index (κ2) is 13.1. The van der Waals surface area contributed by atoms with E-state index < -0.39 is 0 Å². The molecule has 0 N–H and O–H groups in total. The summed E-state index contributed by atoms with van der Waals surface area (Å²) in [6, 6.07) is 20.0. The first kappa shape index (κ1) is 25.8. The first-order valence-electron chi connectivity index (χ1n) is 13.3. The van der Waals surface area contributed by atoms with Gasteiger partial charge in [0.05, 0.1) is 26.0 Å². The number of Topliss-reactive ketones (excluding diaryl/α,β-unsaturated/α-hetero) is 1. The molecule has 196 valence electrons. The topological polar surface area (TPSA) is 69.5 Å². The molecule has 7 heteroatoms. The number of pyridine rings is 1. The van der Waals surface area contributed by atoms with Crippen LogP contribution in [0.15, 0.2) is 85.5 Å². The number of nitrogens with zero attached hydrogens (tertiary/aromatic N) is 4. The van der Waals surface area contributed by atoms with Crippen LogP contribution in [0, 0.1) is 0 Å².